The highest BCUT2D eigenvalue weighted by molar-refractivity contribution is 7.99. The number of pyridine rings is 1. The fraction of sp³-hybridized carbons (Fsp3) is 0.375. The molecule has 9 nitrogen and oxygen atoms in total. The van der Waals surface area contributed by atoms with Gasteiger partial charge >= 0.3 is 0 Å². The largest absolute Gasteiger partial charge is 0.489 e. The van der Waals surface area contributed by atoms with Gasteiger partial charge in [0.2, 0.25) is 5.91 Å². The van der Waals surface area contributed by atoms with E-state index in [0.29, 0.717) is 40.5 Å². The lowest BCUT2D eigenvalue weighted by Crippen LogP contribution is -2.18. The van der Waals surface area contributed by atoms with Crippen LogP contribution in [0, 0.1) is 5.92 Å². The Hall–Kier alpha value is -3.40. The number of benzene rings is 1. The lowest BCUT2D eigenvalue weighted by atomic mass is 9.90. The van der Waals surface area contributed by atoms with Crippen molar-refractivity contribution in [3.8, 4) is 5.75 Å². The Morgan fingerprint density at radius 1 is 1.15 bits per heavy atom. The van der Waals surface area contributed by atoms with Crippen LogP contribution in [-0.2, 0) is 11.8 Å². The van der Waals surface area contributed by atoms with Crippen molar-refractivity contribution in [3.63, 3.8) is 0 Å². The van der Waals surface area contributed by atoms with E-state index in [1.54, 1.807) is 47.4 Å². The smallest absolute Gasteiger partial charge is 0.256 e. The number of nitrogens with one attached hydrogen (secondary N) is 2. The van der Waals surface area contributed by atoms with Crippen LogP contribution in [0.5, 0.6) is 5.75 Å². The number of aryl methyl sites for hydroxylation is 1. The molecule has 0 bridgehead atoms. The maximum atomic E-state index is 12.9. The van der Waals surface area contributed by atoms with Gasteiger partial charge in [0.25, 0.3) is 5.91 Å². The molecule has 4 rings (SSSR count). The second-order valence-corrected chi connectivity index (χ2v) is 9.20. The van der Waals surface area contributed by atoms with Crippen molar-refractivity contribution in [2.24, 2.45) is 13.0 Å². The van der Waals surface area contributed by atoms with Gasteiger partial charge in [-0.05, 0) is 49.1 Å². The summed E-state index contributed by atoms with van der Waals surface area (Å²) in [5.41, 5.74) is 0.939. The van der Waals surface area contributed by atoms with Gasteiger partial charge in [-0.15, -0.1) is 10.2 Å². The summed E-state index contributed by atoms with van der Waals surface area (Å²) in [7, 11) is 1.82. The first-order chi connectivity index (χ1) is 16.6. The first-order valence-electron chi connectivity index (χ1n) is 11.3. The molecule has 1 aliphatic carbocycles. The average Bonchev–Trinajstić information content (AvgIpc) is 3.27. The molecule has 0 radical (unpaired) electrons. The molecule has 1 aromatic carbocycles. The summed E-state index contributed by atoms with van der Waals surface area (Å²) < 4.78 is 7.75. The van der Waals surface area contributed by atoms with E-state index in [9.17, 15) is 9.59 Å². The quantitative estimate of drug-likeness (QED) is 0.443. The van der Waals surface area contributed by atoms with E-state index in [4.69, 9.17) is 4.74 Å². The molecule has 2 N–H and O–H groups in total. The number of rotatable bonds is 9. The van der Waals surface area contributed by atoms with Gasteiger partial charge in [-0.3, -0.25) is 9.59 Å². The number of amides is 2. The van der Waals surface area contributed by atoms with Gasteiger partial charge in [-0.1, -0.05) is 37.1 Å². The van der Waals surface area contributed by atoms with Gasteiger partial charge in [0.15, 0.2) is 16.7 Å². The summed E-state index contributed by atoms with van der Waals surface area (Å²) >= 11 is 1.29. The monoisotopic (exact) mass is 480 g/mol. The number of carbonyl (C=O) groups excluding carboxylic acids is 2. The van der Waals surface area contributed by atoms with Gasteiger partial charge in [0.1, 0.15) is 6.33 Å². The second kappa shape index (κ2) is 11.6. The zero-order chi connectivity index (χ0) is 23.8. The molecule has 3 aromatic rings. The third-order valence-corrected chi connectivity index (χ3v) is 6.65. The molecule has 1 saturated carbocycles. The van der Waals surface area contributed by atoms with E-state index >= 15 is 0 Å². The minimum Gasteiger partial charge on any atom is -0.489 e. The molecule has 10 heteroatoms. The van der Waals surface area contributed by atoms with Crippen molar-refractivity contribution < 1.29 is 14.3 Å². The summed E-state index contributed by atoms with van der Waals surface area (Å²) in [5, 5.41) is 14.0. The molecule has 0 spiro atoms. The van der Waals surface area contributed by atoms with E-state index in [1.807, 2.05) is 13.1 Å². The van der Waals surface area contributed by atoms with Crippen LogP contribution in [-0.4, -0.2) is 43.9 Å². The molecule has 34 heavy (non-hydrogen) atoms. The van der Waals surface area contributed by atoms with Crippen LogP contribution in [0.1, 0.15) is 42.5 Å². The third kappa shape index (κ3) is 6.57. The summed E-state index contributed by atoms with van der Waals surface area (Å²) in [6.45, 7) is 0.627. The van der Waals surface area contributed by atoms with Crippen molar-refractivity contribution in [3.05, 3.63) is 54.5 Å². The minimum absolute atomic E-state index is 0.179. The Morgan fingerprint density at radius 2 is 2.00 bits per heavy atom. The summed E-state index contributed by atoms with van der Waals surface area (Å²) in [6.07, 6.45) is 9.34. The number of carbonyl (C=O) groups is 2. The highest BCUT2D eigenvalue weighted by atomic mass is 32.2. The van der Waals surface area contributed by atoms with Crippen molar-refractivity contribution >= 4 is 35.1 Å². The molecule has 1 aliphatic rings. The van der Waals surface area contributed by atoms with Crippen LogP contribution in [0.2, 0.25) is 0 Å². The lowest BCUT2D eigenvalue weighted by Gasteiger charge is -2.22. The maximum absolute atomic E-state index is 12.9. The third-order valence-electron chi connectivity index (χ3n) is 5.61. The minimum atomic E-state index is -0.328. The summed E-state index contributed by atoms with van der Waals surface area (Å²) in [4.78, 5) is 29.5. The molecule has 2 aromatic heterocycles. The molecule has 0 saturated heterocycles. The first kappa shape index (κ1) is 23.7. The number of aromatic nitrogens is 4. The number of hydrogen-bond donors (Lipinski definition) is 2. The lowest BCUT2D eigenvalue weighted by molar-refractivity contribution is -0.113. The van der Waals surface area contributed by atoms with Crippen molar-refractivity contribution in [2.75, 3.05) is 23.0 Å². The van der Waals surface area contributed by atoms with Gasteiger partial charge in [-0.25, -0.2) is 4.98 Å². The average molecular weight is 481 g/mol. The van der Waals surface area contributed by atoms with E-state index in [0.717, 1.165) is 0 Å². The maximum Gasteiger partial charge on any atom is 0.256 e. The Labute approximate surface area is 202 Å². The fourth-order valence-electron chi connectivity index (χ4n) is 3.81. The zero-order valence-electron chi connectivity index (χ0n) is 19.1. The van der Waals surface area contributed by atoms with Gasteiger partial charge < -0.3 is 19.9 Å². The van der Waals surface area contributed by atoms with Crippen molar-refractivity contribution in [1.29, 1.82) is 0 Å². The number of hydrogen-bond acceptors (Lipinski definition) is 7. The zero-order valence-corrected chi connectivity index (χ0v) is 19.9. The molecule has 178 valence electrons. The predicted octanol–water partition coefficient (Wildman–Crippen LogP) is 4.15. The molecule has 0 atom stereocenters. The van der Waals surface area contributed by atoms with Crippen LogP contribution in [0.3, 0.4) is 0 Å². The van der Waals surface area contributed by atoms with Crippen LogP contribution >= 0.6 is 11.8 Å². The number of anilines is 2. The predicted molar refractivity (Wildman–Crippen MR) is 131 cm³/mol. The van der Waals surface area contributed by atoms with Crippen LogP contribution < -0.4 is 15.4 Å². The standard InChI is InChI=1S/C24H28N6O3S/c1-30-16-26-29-24(30)34-15-21(31)27-19-10-5-9-18(13-19)23(32)28-22-20(11-6-12-25-22)33-14-17-7-3-2-4-8-17/h5-6,9-13,16-17H,2-4,7-8,14-15H2,1H3,(H,27,31)(H,25,28,32). The van der Waals surface area contributed by atoms with Gasteiger partial charge in [0.05, 0.1) is 12.4 Å². The van der Waals surface area contributed by atoms with Gasteiger partial charge in [-0.2, -0.15) is 0 Å². The topological polar surface area (TPSA) is 111 Å². The molecule has 0 unspecified atom stereocenters. The fourth-order valence-corrected chi connectivity index (χ4v) is 4.50. The normalized spacial score (nSPS) is 13.9. The van der Waals surface area contributed by atoms with Crippen molar-refractivity contribution in [1.82, 2.24) is 19.7 Å². The highest BCUT2D eigenvalue weighted by Crippen LogP contribution is 2.27. The number of thioether (sulfide) groups is 1. The van der Waals surface area contributed by atoms with Crippen molar-refractivity contribution in [2.45, 2.75) is 37.3 Å². The summed E-state index contributed by atoms with van der Waals surface area (Å²) in [5.74, 6) is 1.15. The van der Waals surface area contributed by atoms with E-state index in [2.05, 4.69) is 25.8 Å². The van der Waals surface area contributed by atoms with E-state index in [-0.39, 0.29) is 17.6 Å². The first-order valence-corrected chi connectivity index (χ1v) is 12.3. The van der Waals surface area contributed by atoms with Crippen LogP contribution in [0.15, 0.2) is 54.1 Å². The van der Waals surface area contributed by atoms with Crippen LogP contribution in [0.25, 0.3) is 0 Å². The Morgan fingerprint density at radius 3 is 2.79 bits per heavy atom. The number of ether oxygens (including phenoxy) is 1. The van der Waals surface area contributed by atoms with E-state index < -0.39 is 0 Å². The Balaban J connectivity index is 1.34. The van der Waals surface area contributed by atoms with Gasteiger partial charge in [0, 0.05) is 24.5 Å². The molecule has 2 amide bonds. The molecule has 1 fully saturated rings. The SMILES string of the molecule is Cn1cnnc1SCC(=O)Nc1cccc(C(=O)Nc2ncccc2OCC2CCCCC2)c1. The highest BCUT2D eigenvalue weighted by Gasteiger charge is 2.17. The Kier molecular flexibility index (Phi) is 8.13. The molecular weight excluding hydrogens is 452 g/mol. The van der Waals surface area contributed by atoms with E-state index in [1.165, 1.54) is 43.9 Å². The Bertz CT molecular complexity index is 1130. The number of nitrogens with zero attached hydrogens (tertiary/aromatic N) is 4. The van der Waals surface area contributed by atoms with Crippen LogP contribution in [0.4, 0.5) is 11.5 Å². The molecular formula is C24H28N6O3S. The second-order valence-electron chi connectivity index (χ2n) is 8.26. The molecule has 0 aliphatic heterocycles. The summed E-state index contributed by atoms with van der Waals surface area (Å²) in [6, 6.07) is 10.4. The molecule has 2 heterocycles.